The minimum atomic E-state index is 0.553. The van der Waals surface area contributed by atoms with Crippen molar-refractivity contribution in [2.75, 3.05) is 0 Å². The van der Waals surface area contributed by atoms with Crippen LogP contribution in [0, 0.1) is 13.1 Å². The number of para-hydroxylation sites is 4. The number of benzene rings is 7. The van der Waals surface area contributed by atoms with Crippen molar-refractivity contribution in [3.63, 3.8) is 0 Å². The molecule has 0 spiro atoms. The lowest BCUT2D eigenvalue weighted by molar-refractivity contribution is 0.673. The highest BCUT2D eigenvalue weighted by Crippen LogP contribution is 2.43. The Hall–Kier alpha value is -7.08. The molecule has 5 nitrogen and oxygen atoms in total. The smallest absolute Gasteiger partial charge is 0.189 e. The predicted molar refractivity (Wildman–Crippen MR) is 200 cm³/mol. The Kier molecular flexibility index (Phi) is 5.64. The van der Waals surface area contributed by atoms with Crippen molar-refractivity contribution < 1.29 is 4.42 Å². The molecule has 0 saturated carbocycles. The molecule has 226 valence electrons. The van der Waals surface area contributed by atoms with E-state index < -0.39 is 0 Å². The number of aromatic nitrogens is 2. The van der Waals surface area contributed by atoms with Crippen molar-refractivity contribution in [3.8, 4) is 22.5 Å². The zero-order chi connectivity index (χ0) is 32.6. The summed E-state index contributed by atoms with van der Waals surface area (Å²) in [6, 6.07) is 49.7. The van der Waals surface area contributed by atoms with E-state index in [0.29, 0.717) is 11.4 Å². The molecule has 0 saturated heterocycles. The molecule has 49 heavy (non-hydrogen) atoms. The van der Waals surface area contributed by atoms with Gasteiger partial charge < -0.3 is 13.6 Å². The molecule has 3 aromatic heterocycles. The molecule has 3 heterocycles. The highest BCUT2D eigenvalue weighted by atomic mass is 16.3. The van der Waals surface area contributed by atoms with Crippen LogP contribution in [0.2, 0.25) is 0 Å². The van der Waals surface area contributed by atoms with Crippen molar-refractivity contribution in [2.45, 2.75) is 0 Å². The third kappa shape index (κ3) is 3.85. The summed E-state index contributed by atoms with van der Waals surface area (Å²) in [6.45, 7) is 15.7. The van der Waals surface area contributed by atoms with Gasteiger partial charge in [-0.2, -0.15) is 0 Å². The molecule has 5 heteroatoms. The van der Waals surface area contributed by atoms with Crippen LogP contribution < -0.4 is 0 Å². The zero-order valence-corrected chi connectivity index (χ0v) is 26.1. The van der Waals surface area contributed by atoms with Crippen molar-refractivity contribution in [1.29, 1.82) is 0 Å². The molecule has 0 unspecified atom stereocenters. The van der Waals surface area contributed by atoms with Gasteiger partial charge in [-0.3, -0.25) is 0 Å². The highest BCUT2D eigenvalue weighted by Gasteiger charge is 2.21. The fraction of sp³-hybridized carbons (Fsp3) is 0. The molecule has 0 fully saturated rings. The summed E-state index contributed by atoms with van der Waals surface area (Å²) in [5.41, 5.74) is 10.9. The second-order valence-electron chi connectivity index (χ2n) is 12.3. The van der Waals surface area contributed by atoms with Crippen LogP contribution in [0.25, 0.3) is 97.7 Å². The maximum atomic E-state index is 8.10. The van der Waals surface area contributed by atoms with Gasteiger partial charge >= 0.3 is 0 Å². The molecule has 7 aromatic carbocycles. The summed E-state index contributed by atoms with van der Waals surface area (Å²) in [5, 5.41) is 6.50. The van der Waals surface area contributed by atoms with E-state index in [1.54, 1.807) is 0 Å². The quantitative estimate of drug-likeness (QED) is 0.180. The average molecular weight is 625 g/mol. The SMILES string of the molecule is [C-]#[N+]c1cc(-c2ccccc2-n2c3ccccc3c3c4oc5ccccc5c4ccc32)cc(-n2c3ccccc3c3cc([N+]#[C-])ccc32)c1. The van der Waals surface area contributed by atoms with E-state index in [1.165, 1.54) is 0 Å². The van der Waals surface area contributed by atoms with Gasteiger partial charge in [-0.15, -0.1) is 0 Å². The number of hydrogen-bond donors (Lipinski definition) is 0. The molecule has 0 amide bonds. The maximum absolute atomic E-state index is 8.10. The van der Waals surface area contributed by atoms with E-state index in [2.05, 4.69) is 110 Å². The number of fused-ring (bicyclic) bond motifs is 10. The summed E-state index contributed by atoms with van der Waals surface area (Å²) >= 11 is 0. The summed E-state index contributed by atoms with van der Waals surface area (Å²) in [7, 11) is 0. The van der Waals surface area contributed by atoms with Gasteiger partial charge in [0.15, 0.2) is 11.4 Å². The molecule has 0 aliphatic heterocycles. The monoisotopic (exact) mass is 624 g/mol. The van der Waals surface area contributed by atoms with E-state index in [9.17, 15) is 0 Å². The Morgan fingerprint density at radius 2 is 1.14 bits per heavy atom. The largest absolute Gasteiger partial charge is 0.455 e. The topological polar surface area (TPSA) is 31.7 Å². The van der Waals surface area contributed by atoms with Crippen molar-refractivity contribution in [2.24, 2.45) is 0 Å². The highest BCUT2D eigenvalue weighted by molar-refractivity contribution is 6.24. The first kappa shape index (κ1) is 27.1. The van der Waals surface area contributed by atoms with Gasteiger partial charge in [-0.25, -0.2) is 9.69 Å². The lowest BCUT2D eigenvalue weighted by atomic mass is 10.0. The van der Waals surface area contributed by atoms with Crippen LogP contribution in [-0.4, -0.2) is 9.13 Å². The van der Waals surface area contributed by atoms with E-state index in [1.807, 2.05) is 54.6 Å². The second-order valence-corrected chi connectivity index (χ2v) is 12.3. The summed E-state index contributed by atoms with van der Waals surface area (Å²) in [5.74, 6) is 0. The van der Waals surface area contributed by atoms with Crippen molar-refractivity contribution in [3.05, 3.63) is 168 Å². The average Bonchev–Trinajstić information content (AvgIpc) is 3.82. The Morgan fingerprint density at radius 3 is 1.98 bits per heavy atom. The van der Waals surface area contributed by atoms with Gasteiger partial charge in [0.2, 0.25) is 0 Å². The lowest BCUT2D eigenvalue weighted by Crippen LogP contribution is -1.98. The Balaban J connectivity index is 1.25. The number of furan rings is 1. The molecule has 0 aliphatic carbocycles. The summed E-state index contributed by atoms with van der Waals surface area (Å²) in [4.78, 5) is 7.63. The van der Waals surface area contributed by atoms with Crippen LogP contribution in [0.5, 0.6) is 0 Å². The van der Waals surface area contributed by atoms with E-state index in [4.69, 9.17) is 17.6 Å². The van der Waals surface area contributed by atoms with Gasteiger partial charge in [0, 0.05) is 32.8 Å². The Labute approximate surface area is 280 Å². The fourth-order valence-electron chi connectivity index (χ4n) is 7.66. The first-order valence-electron chi connectivity index (χ1n) is 16.1. The standard InChI is InChI=1S/C44H24N4O/c1-45-28-19-21-40-36(26-28)32-12-4-8-16-38(32)47(40)30-24-27(23-29(25-30)46-2)31-11-3-7-15-37(31)48-39-17-9-5-14-35(39)43-41(48)22-20-34-33-13-6-10-18-42(33)49-44(34)43/h3-26H. The van der Waals surface area contributed by atoms with E-state index >= 15 is 0 Å². The van der Waals surface area contributed by atoms with Gasteiger partial charge in [0.05, 0.1) is 46.3 Å². The fourth-order valence-corrected chi connectivity index (χ4v) is 7.66. The van der Waals surface area contributed by atoms with Crippen LogP contribution in [0.3, 0.4) is 0 Å². The Bertz CT molecular complexity index is 3090. The molecule has 10 rings (SSSR count). The number of rotatable bonds is 3. The summed E-state index contributed by atoms with van der Waals surface area (Å²) in [6.07, 6.45) is 0. The maximum Gasteiger partial charge on any atom is 0.189 e. The normalized spacial score (nSPS) is 11.6. The van der Waals surface area contributed by atoms with Crippen LogP contribution in [0.1, 0.15) is 0 Å². The zero-order valence-electron chi connectivity index (χ0n) is 26.1. The second kappa shape index (κ2) is 10.2. The molecule has 0 radical (unpaired) electrons. The molecule has 0 N–H and O–H groups in total. The van der Waals surface area contributed by atoms with Gasteiger partial charge in [-0.05, 0) is 77.7 Å². The molecular formula is C44H24N4O. The van der Waals surface area contributed by atoms with Crippen molar-refractivity contribution in [1.82, 2.24) is 9.13 Å². The first-order valence-corrected chi connectivity index (χ1v) is 16.1. The number of nitrogens with zero attached hydrogens (tertiary/aromatic N) is 4. The van der Waals surface area contributed by atoms with Crippen LogP contribution in [0.15, 0.2) is 150 Å². The molecule has 0 atom stereocenters. The van der Waals surface area contributed by atoms with Crippen LogP contribution >= 0.6 is 0 Å². The molecular weight excluding hydrogens is 601 g/mol. The van der Waals surface area contributed by atoms with Crippen LogP contribution in [0.4, 0.5) is 11.4 Å². The predicted octanol–water partition coefficient (Wildman–Crippen LogP) is 12.5. The van der Waals surface area contributed by atoms with Gasteiger partial charge in [-0.1, -0.05) is 78.9 Å². The van der Waals surface area contributed by atoms with Crippen molar-refractivity contribution >= 4 is 76.9 Å². The minimum Gasteiger partial charge on any atom is -0.455 e. The molecule has 0 aliphatic rings. The minimum absolute atomic E-state index is 0.553. The van der Waals surface area contributed by atoms with E-state index in [0.717, 1.165) is 88.1 Å². The molecule has 0 bridgehead atoms. The molecule has 10 aromatic rings. The summed E-state index contributed by atoms with van der Waals surface area (Å²) < 4.78 is 11.1. The lowest BCUT2D eigenvalue weighted by Gasteiger charge is -2.16. The van der Waals surface area contributed by atoms with Gasteiger partial charge in [0.25, 0.3) is 0 Å². The third-order valence-corrected chi connectivity index (χ3v) is 9.71. The van der Waals surface area contributed by atoms with Crippen LogP contribution in [-0.2, 0) is 0 Å². The number of hydrogen-bond acceptors (Lipinski definition) is 1. The third-order valence-electron chi connectivity index (χ3n) is 9.71. The Morgan fingerprint density at radius 1 is 0.469 bits per heavy atom. The first-order chi connectivity index (χ1) is 24.2. The van der Waals surface area contributed by atoms with Gasteiger partial charge in [0.1, 0.15) is 11.2 Å². The van der Waals surface area contributed by atoms with E-state index in [-0.39, 0.29) is 0 Å².